The van der Waals surface area contributed by atoms with Crippen LogP contribution in [0.15, 0.2) is 54.2 Å². The van der Waals surface area contributed by atoms with E-state index in [1.807, 2.05) is 13.8 Å². The highest BCUT2D eigenvalue weighted by atomic mass is 19.4. The number of hydrogen-bond acceptors (Lipinski definition) is 6. The van der Waals surface area contributed by atoms with Crippen LogP contribution in [0.2, 0.25) is 0 Å². The van der Waals surface area contributed by atoms with Crippen molar-refractivity contribution in [2.45, 2.75) is 26.3 Å². The van der Waals surface area contributed by atoms with Gasteiger partial charge in [0.25, 0.3) is 11.8 Å². The molecule has 2 aromatic rings. The van der Waals surface area contributed by atoms with Crippen LogP contribution in [-0.2, 0) is 14.3 Å². The second-order valence-corrected chi connectivity index (χ2v) is 7.36. The molecule has 7 nitrogen and oxygen atoms in total. The summed E-state index contributed by atoms with van der Waals surface area (Å²) in [6.07, 6.45) is -4.88. The van der Waals surface area contributed by atoms with Crippen molar-refractivity contribution in [3.05, 3.63) is 59.8 Å². The predicted molar refractivity (Wildman–Crippen MR) is 114 cm³/mol. The number of anilines is 1. The standard InChI is InChI=1S/C23H23F3N2O5/c1-14(2)32-13-12-28-21(29)19(15-4-8-17(31-3)9-5-15)20(22(28)30)27-16-6-10-18(11-7-16)33-23(24,25)26/h4-11,14,27H,12-13H2,1-3H3. The monoisotopic (exact) mass is 464 g/mol. The van der Waals surface area contributed by atoms with Crippen molar-refractivity contribution in [1.82, 2.24) is 4.90 Å². The second-order valence-electron chi connectivity index (χ2n) is 7.36. The number of methoxy groups -OCH3 is 1. The Morgan fingerprint density at radius 3 is 2.09 bits per heavy atom. The lowest BCUT2D eigenvalue weighted by atomic mass is 10.0. The van der Waals surface area contributed by atoms with Crippen LogP contribution in [0.5, 0.6) is 11.5 Å². The molecule has 1 aliphatic heterocycles. The summed E-state index contributed by atoms with van der Waals surface area (Å²) in [5, 5.41) is 2.88. The van der Waals surface area contributed by atoms with Crippen molar-refractivity contribution in [2.75, 3.05) is 25.6 Å². The fraction of sp³-hybridized carbons (Fsp3) is 0.304. The third-order valence-corrected chi connectivity index (χ3v) is 4.67. The van der Waals surface area contributed by atoms with E-state index in [0.717, 1.165) is 17.0 Å². The van der Waals surface area contributed by atoms with Crippen LogP contribution in [-0.4, -0.2) is 49.4 Å². The van der Waals surface area contributed by atoms with Crippen molar-refractivity contribution in [3.63, 3.8) is 0 Å². The van der Waals surface area contributed by atoms with Crippen LogP contribution < -0.4 is 14.8 Å². The molecule has 0 saturated heterocycles. The molecule has 1 aliphatic rings. The molecule has 0 bridgehead atoms. The van der Waals surface area contributed by atoms with Crippen LogP contribution in [0, 0.1) is 0 Å². The molecule has 0 saturated carbocycles. The maximum atomic E-state index is 13.1. The van der Waals surface area contributed by atoms with Crippen LogP contribution in [0.4, 0.5) is 18.9 Å². The molecule has 0 spiro atoms. The number of nitrogens with one attached hydrogen (secondary N) is 1. The summed E-state index contributed by atoms with van der Waals surface area (Å²) >= 11 is 0. The van der Waals surface area contributed by atoms with Gasteiger partial charge in [0.05, 0.1) is 31.9 Å². The molecule has 0 unspecified atom stereocenters. The van der Waals surface area contributed by atoms with E-state index < -0.39 is 23.9 Å². The van der Waals surface area contributed by atoms with Crippen LogP contribution in [0.3, 0.4) is 0 Å². The van der Waals surface area contributed by atoms with Crippen molar-refractivity contribution < 1.29 is 37.0 Å². The number of carbonyl (C=O) groups is 2. The van der Waals surface area contributed by atoms with E-state index in [0.29, 0.717) is 17.0 Å². The zero-order valence-electron chi connectivity index (χ0n) is 18.2. The molecular weight excluding hydrogens is 441 g/mol. The Labute approximate surface area is 188 Å². The zero-order valence-corrected chi connectivity index (χ0v) is 18.2. The van der Waals surface area contributed by atoms with Gasteiger partial charge >= 0.3 is 6.36 Å². The number of benzene rings is 2. The zero-order chi connectivity index (χ0) is 24.2. The molecule has 2 aromatic carbocycles. The van der Waals surface area contributed by atoms with Gasteiger partial charge in [-0.15, -0.1) is 13.2 Å². The van der Waals surface area contributed by atoms with E-state index in [1.54, 1.807) is 24.3 Å². The third kappa shape index (κ3) is 6.04. The smallest absolute Gasteiger partial charge is 0.497 e. The highest BCUT2D eigenvalue weighted by Crippen LogP contribution is 2.32. The summed E-state index contributed by atoms with van der Waals surface area (Å²) in [5.41, 5.74) is 0.954. The first-order valence-corrected chi connectivity index (χ1v) is 10.1. The topological polar surface area (TPSA) is 77.1 Å². The summed E-state index contributed by atoms with van der Waals surface area (Å²) in [7, 11) is 1.51. The number of ether oxygens (including phenoxy) is 3. The van der Waals surface area contributed by atoms with Crippen LogP contribution >= 0.6 is 0 Å². The lowest BCUT2D eigenvalue weighted by Gasteiger charge is -2.16. The summed E-state index contributed by atoms with van der Waals surface area (Å²) < 4.78 is 51.7. The maximum absolute atomic E-state index is 13.1. The van der Waals surface area contributed by atoms with Gasteiger partial charge in [-0.2, -0.15) is 0 Å². The first-order valence-electron chi connectivity index (χ1n) is 10.1. The van der Waals surface area contributed by atoms with E-state index >= 15 is 0 Å². The molecular formula is C23H23F3N2O5. The Hall–Kier alpha value is -3.53. The van der Waals surface area contributed by atoms with Gasteiger partial charge in [0, 0.05) is 5.69 Å². The first kappa shape index (κ1) is 24.1. The number of alkyl halides is 3. The fourth-order valence-corrected chi connectivity index (χ4v) is 3.18. The van der Waals surface area contributed by atoms with Crippen molar-refractivity contribution >= 4 is 23.1 Å². The third-order valence-electron chi connectivity index (χ3n) is 4.67. The Kier molecular flexibility index (Phi) is 7.27. The molecule has 0 fully saturated rings. The number of amides is 2. The van der Waals surface area contributed by atoms with Crippen molar-refractivity contribution in [1.29, 1.82) is 0 Å². The molecule has 0 aromatic heterocycles. The van der Waals surface area contributed by atoms with Gasteiger partial charge in [-0.3, -0.25) is 14.5 Å². The van der Waals surface area contributed by atoms with Gasteiger partial charge in [-0.05, 0) is 55.8 Å². The lowest BCUT2D eigenvalue weighted by Crippen LogP contribution is -2.35. The van der Waals surface area contributed by atoms with Gasteiger partial charge in [0.15, 0.2) is 0 Å². The lowest BCUT2D eigenvalue weighted by molar-refractivity contribution is -0.274. The van der Waals surface area contributed by atoms with Crippen molar-refractivity contribution in [2.24, 2.45) is 0 Å². The van der Waals surface area contributed by atoms with E-state index in [9.17, 15) is 22.8 Å². The van der Waals surface area contributed by atoms with Gasteiger partial charge in [0.2, 0.25) is 0 Å². The normalized spacial score (nSPS) is 14.3. The van der Waals surface area contributed by atoms with E-state index in [1.165, 1.54) is 19.2 Å². The second kappa shape index (κ2) is 9.95. The maximum Gasteiger partial charge on any atom is 0.573 e. The minimum absolute atomic E-state index is 0.0132. The Morgan fingerprint density at radius 1 is 0.939 bits per heavy atom. The minimum atomic E-state index is -4.81. The summed E-state index contributed by atoms with van der Waals surface area (Å²) in [5.74, 6) is -0.891. The molecule has 176 valence electrons. The molecule has 2 amide bonds. The molecule has 1 N–H and O–H groups in total. The molecule has 1 heterocycles. The largest absolute Gasteiger partial charge is 0.573 e. The SMILES string of the molecule is COc1ccc(C2=C(Nc3ccc(OC(F)(F)F)cc3)C(=O)N(CCOC(C)C)C2=O)cc1. The molecule has 3 rings (SSSR count). The highest BCUT2D eigenvalue weighted by molar-refractivity contribution is 6.36. The van der Waals surface area contributed by atoms with E-state index in [2.05, 4.69) is 10.1 Å². The minimum Gasteiger partial charge on any atom is -0.497 e. The summed E-state index contributed by atoms with van der Waals surface area (Å²) in [6.45, 7) is 3.91. The number of carbonyl (C=O) groups excluding carboxylic acids is 2. The van der Waals surface area contributed by atoms with E-state index in [-0.39, 0.29) is 30.5 Å². The van der Waals surface area contributed by atoms with Gasteiger partial charge < -0.3 is 19.5 Å². The average Bonchev–Trinajstić information content (AvgIpc) is 2.98. The van der Waals surface area contributed by atoms with Gasteiger partial charge in [-0.1, -0.05) is 12.1 Å². The Bertz CT molecular complexity index is 1030. The molecule has 0 aliphatic carbocycles. The number of rotatable bonds is 9. The Morgan fingerprint density at radius 2 is 1.55 bits per heavy atom. The average molecular weight is 464 g/mol. The first-order chi connectivity index (χ1) is 15.6. The summed E-state index contributed by atoms with van der Waals surface area (Å²) in [4.78, 5) is 27.3. The number of imide groups is 1. The number of halogens is 3. The molecule has 0 radical (unpaired) electrons. The number of nitrogens with zero attached hydrogens (tertiary/aromatic N) is 1. The summed E-state index contributed by atoms with van der Waals surface area (Å²) in [6, 6.07) is 11.5. The fourth-order valence-electron chi connectivity index (χ4n) is 3.18. The van der Waals surface area contributed by atoms with Gasteiger partial charge in [-0.25, -0.2) is 0 Å². The molecule has 33 heavy (non-hydrogen) atoms. The van der Waals surface area contributed by atoms with Crippen LogP contribution in [0.25, 0.3) is 5.57 Å². The highest BCUT2D eigenvalue weighted by Gasteiger charge is 2.39. The van der Waals surface area contributed by atoms with Crippen LogP contribution in [0.1, 0.15) is 19.4 Å². The molecule has 10 heteroatoms. The predicted octanol–water partition coefficient (Wildman–Crippen LogP) is 4.21. The van der Waals surface area contributed by atoms with Gasteiger partial charge in [0.1, 0.15) is 17.2 Å². The Balaban J connectivity index is 1.90. The molecule has 0 atom stereocenters. The van der Waals surface area contributed by atoms with Crippen molar-refractivity contribution in [3.8, 4) is 11.5 Å². The quantitative estimate of drug-likeness (QED) is 0.561. The number of hydrogen-bond donors (Lipinski definition) is 1. The van der Waals surface area contributed by atoms with E-state index in [4.69, 9.17) is 9.47 Å².